The van der Waals surface area contributed by atoms with Crippen LogP contribution in [0, 0.1) is 40.8 Å². The Kier molecular flexibility index (Phi) is 3.61. The number of anilines is 1. The first-order chi connectivity index (χ1) is 7.71. The topological polar surface area (TPSA) is 72.0 Å². The van der Waals surface area contributed by atoms with E-state index in [-0.39, 0.29) is 11.3 Å². The summed E-state index contributed by atoms with van der Waals surface area (Å²) in [6, 6.07) is 7.14. The Labute approximate surface area is 91.6 Å². The summed E-state index contributed by atoms with van der Waals surface area (Å²) in [5, 5.41) is 20.2. The first kappa shape index (κ1) is 11.2. The van der Waals surface area contributed by atoms with Crippen LogP contribution in [0.15, 0.2) is 23.3 Å². The van der Waals surface area contributed by atoms with E-state index < -0.39 is 5.82 Å². The van der Waals surface area contributed by atoms with Gasteiger partial charge in [0.15, 0.2) is 0 Å². The number of hydrazone groups is 1. The lowest BCUT2D eigenvalue weighted by molar-refractivity contribution is 0.625. The highest BCUT2D eigenvalue weighted by Crippen LogP contribution is 2.13. The van der Waals surface area contributed by atoms with E-state index in [4.69, 9.17) is 16.9 Å². The van der Waals surface area contributed by atoms with Gasteiger partial charge < -0.3 is 0 Å². The van der Waals surface area contributed by atoms with Crippen molar-refractivity contribution in [1.29, 1.82) is 10.5 Å². The minimum absolute atomic E-state index is 0.135. The zero-order chi connectivity index (χ0) is 12.0. The molecule has 0 aliphatic heterocycles. The summed E-state index contributed by atoms with van der Waals surface area (Å²) in [7, 11) is 0. The van der Waals surface area contributed by atoms with Crippen LogP contribution < -0.4 is 5.43 Å². The molecule has 0 saturated heterocycles. The van der Waals surface area contributed by atoms with Crippen molar-refractivity contribution in [2.24, 2.45) is 5.10 Å². The molecule has 0 amide bonds. The van der Waals surface area contributed by atoms with Gasteiger partial charge in [-0.15, -0.1) is 6.42 Å². The van der Waals surface area contributed by atoms with Crippen LogP contribution in [0.2, 0.25) is 0 Å². The Morgan fingerprint density at radius 2 is 2.06 bits per heavy atom. The summed E-state index contributed by atoms with van der Waals surface area (Å²) in [6.45, 7) is 0. The van der Waals surface area contributed by atoms with Crippen LogP contribution >= 0.6 is 0 Å². The second-order valence-corrected chi connectivity index (χ2v) is 2.63. The van der Waals surface area contributed by atoms with Gasteiger partial charge in [-0.3, -0.25) is 5.43 Å². The summed E-state index contributed by atoms with van der Waals surface area (Å²) in [6.07, 6.45) is 5.04. The van der Waals surface area contributed by atoms with Gasteiger partial charge in [-0.05, 0) is 12.1 Å². The molecule has 0 unspecified atom stereocenters. The Bertz CT molecular complexity index is 539. The van der Waals surface area contributed by atoms with Crippen LogP contribution in [0.5, 0.6) is 0 Å². The highest BCUT2D eigenvalue weighted by Gasteiger charge is 2.00. The molecule has 1 aromatic rings. The average Bonchev–Trinajstić information content (AvgIpc) is 2.30. The number of hydrogen-bond donors (Lipinski definition) is 1. The van der Waals surface area contributed by atoms with Crippen LogP contribution in [0.3, 0.4) is 0 Å². The maximum Gasteiger partial charge on any atom is 0.237 e. The number of halogens is 1. The van der Waals surface area contributed by atoms with Crippen molar-refractivity contribution in [2.45, 2.75) is 0 Å². The fourth-order valence-electron chi connectivity index (χ4n) is 0.897. The van der Waals surface area contributed by atoms with Crippen molar-refractivity contribution in [1.82, 2.24) is 0 Å². The zero-order valence-corrected chi connectivity index (χ0v) is 8.03. The van der Waals surface area contributed by atoms with Gasteiger partial charge in [-0.2, -0.15) is 15.6 Å². The molecule has 0 fully saturated rings. The maximum absolute atomic E-state index is 13.2. The predicted molar refractivity (Wildman–Crippen MR) is 56.6 cm³/mol. The van der Waals surface area contributed by atoms with E-state index in [1.807, 2.05) is 0 Å². The molecule has 0 aliphatic rings. The van der Waals surface area contributed by atoms with Gasteiger partial charge in [0, 0.05) is 6.07 Å². The Morgan fingerprint density at radius 3 is 2.56 bits per heavy atom. The largest absolute Gasteiger partial charge is 0.276 e. The van der Waals surface area contributed by atoms with Crippen LogP contribution in [-0.4, -0.2) is 5.71 Å². The van der Waals surface area contributed by atoms with Crippen LogP contribution in [0.4, 0.5) is 10.1 Å². The Morgan fingerprint density at radius 1 is 1.38 bits per heavy atom. The summed E-state index contributed by atoms with van der Waals surface area (Å²) < 4.78 is 13.2. The summed E-state index contributed by atoms with van der Waals surface area (Å²) in [5.41, 5.74) is 2.47. The van der Waals surface area contributed by atoms with Crippen molar-refractivity contribution in [3.8, 4) is 24.5 Å². The monoisotopic (exact) mass is 212 g/mol. The number of nitriles is 2. The van der Waals surface area contributed by atoms with E-state index in [2.05, 4.69) is 16.4 Å². The summed E-state index contributed by atoms with van der Waals surface area (Å²) >= 11 is 0. The highest BCUT2D eigenvalue weighted by molar-refractivity contribution is 6.10. The van der Waals surface area contributed by atoms with Crippen molar-refractivity contribution >= 4 is 11.4 Å². The number of nitrogens with one attached hydrogen (secondary N) is 1. The number of nitrogens with zero attached hydrogens (tertiary/aromatic N) is 3. The van der Waals surface area contributed by atoms with Crippen molar-refractivity contribution in [2.75, 3.05) is 5.43 Å². The molecule has 0 spiro atoms. The molecular formula is C11H5FN4. The van der Waals surface area contributed by atoms with Gasteiger partial charge in [-0.1, -0.05) is 5.92 Å². The third kappa shape index (κ3) is 2.57. The molecular weight excluding hydrogens is 207 g/mol. The van der Waals surface area contributed by atoms with Crippen LogP contribution in [0.25, 0.3) is 0 Å². The standard InChI is InChI=1S/C11H5FN4/c1-2-8-3-4-9(5-11(8)12)15-16-10(6-13)7-14/h1,3-5,15H. The molecule has 0 bridgehead atoms. The predicted octanol–water partition coefficient (Wildman–Crippen LogP) is 1.62. The summed E-state index contributed by atoms with van der Waals surface area (Å²) in [4.78, 5) is 0. The number of terminal acetylenes is 1. The maximum atomic E-state index is 13.2. The average molecular weight is 212 g/mol. The van der Waals surface area contributed by atoms with Crippen LogP contribution in [-0.2, 0) is 0 Å². The van der Waals surface area contributed by atoms with Gasteiger partial charge in [-0.25, -0.2) is 4.39 Å². The molecule has 0 aromatic heterocycles. The number of hydrogen-bond acceptors (Lipinski definition) is 4. The SMILES string of the molecule is C#Cc1ccc(NN=C(C#N)C#N)cc1F. The molecule has 0 aliphatic carbocycles. The molecule has 4 nitrogen and oxygen atoms in total. The molecule has 5 heteroatoms. The minimum atomic E-state index is -0.571. The lowest BCUT2D eigenvalue weighted by Gasteiger charge is -2.00. The lowest BCUT2D eigenvalue weighted by Crippen LogP contribution is -1.97. The number of benzene rings is 1. The normalized spacial score (nSPS) is 8.12. The van der Waals surface area contributed by atoms with Crippen molar-refractivity contribution < 1.29 is 4.39 Å². The van der Waals surface area contributed by atoms with Gasteiger partial charge in [0.25, 0.3) is 0 Å². The van der Waals surface area contributed by atoms with Crippen molar-refractivity contribution in [3.05, 3.63) is 29.6 Å². The van der Waals surface area contributed by atoms with Crippen LogP contribution in [0.1, 0.15) is 5.56 Å². The fraction of sp³-hybridized carbons (Fsp3) is 0. The van der Waals surface area contributed by atoms with E-state index >= 15 is 0 Å². The summed E-state index contributed by atoms with van der Waals surface area (Å²) in [5.74, 6) is 1.60. The van der Waals surface area contributed by atoms with E-state index in [1.54, 1.807) is 12.1 Å². The molecule has 0 saturated carbocycles. The molecule has 0 radical (unpaired) electrons. The van der Waals surface area contributed by atoms with E-state index in [0.717, 1.165) is 6.07 Å². The smallest absolute Gasteiger partial charge is 0.237 e. The fourth-order valence-corrected chi connectivity index (χ4v) is 0.897. The van der Waals surface area contributed by atoms with E-state index in [9.17, 15) is 4.39 Å². The molecule has 1 N–H and O–H groups in total. The third-order valence-electron chi connectivity index (χ3n) is 1.63. The molecule has 1 rings (SSSR count). The highest BCUT2D eigenvalue weighted by atomic mass is 19.1. The molecule has 1 aromatic carbocycles. The first-order valence-corrected chi connectivity index (χ1v) is 4.11. The minimum Gasteiger partial charge on any atom is -0.276 e. The first-order valence-electron chi connectivity index (χ1n) is 4.11. The number of rotatable bonds is 2. The van der Waals surface area contributed by atoms with E-state index in [0.29, 0.717) is 5.69 Å². The van der Waals surface area contributed by atoms with Gasteiger partial charge >= 0.3 is 0 Å². The van der Waals surface area contributed by atoms with Gasteiger partial charge in [0.2, 0.25) is 5.71 Å². The zero-order valence-electron chi connectivity index (χ0n) is 8.03. The van der Waals surface area contributed by atoms with Gasteiger partial charge in [0.05, 0.1) is 11.3 Å². The van der Waals surface area contributed by atoms with Crippen molar-refractivity contribution in [3.63, 3.8) is 0 Å². The Hall–Kier alpha value is -2.84. The second kappa shape index (κ2) is 5.14. The molecule has 76 valence electrons. The lowest BCUT2D eigenvalue weighted by atomic mass is 10.2. The molecule has 16 heavy (non-hydrogen) atoms. The molecule has 0 heterocycles. The van der Waals surface area contributed by atoms with Gasteiger partial charge in [0.1, 0.15) is 18.0 Å². The molecule has 0 atom stereocenters. The van der Waals surface area contributed by atoms with E-state index in [1.165, 1.54) is 12.1 Å². The second-order valence-electron chi connectivity index (χ2n) is 2.63. The third-order valence-corrected chi connectivity index (χ3v) is 1.63. The quantitative estimate of drug-likeness (QED) is 0.460. The Balaban J connectivity index is 2.91.